The third-order valence-corrected chi connectivity index (χ3v) is 2.86. The Labute approximate surface area is 91.7 Å². The first kappa shape index (κ1) is 11.7. The summed E-state index contributed by atoms with van der Waals surface area (Å²) in [4.78, 5) is 0. The Bertz CT molecular complexity index is 431. The summed E-state index contributed by atoms with van der Waals surface area (Å²) >= 11 is 0. The highest BCUT2D eigenvalue weighted by molar-refractivity contribution is 5.51. The zero-order valence-corrected chi connectivity index (χ0v) is 10.1. The number of rotatable bonds is 1. The standard InChI is InChI=1S/C13H18N2/c1-8-6-11(7-14)9(2)10(3)12(8)13(4,5)15/h6H,15H2,1-5H3. The quantitative estimate of drug-likeness (QED) is 0.761. The van der Waals surface area contributed by atoms with E-state index >= 15 is 0 Å². The maximum Gasteiger partial charge on any atom is 0.0994 e. The third-order valence-electron chi connectivity index (χ3n) is 2.86. The fourth-order valence-corrected chi connectivity index (χ4v) is 2.19. The maximum atomic E-state index is 8.98. The monoisotopic (exact) mass is 202 g/mol. The predicted octanol–water partition coefficient (Wildman–Crippen LogP) is 2.68. The molecule has 0 atom stereocenters. The molecule has 0 saturated heterocycles. The van der Waals surface area contributed by atoms with Crippen LogP contribution in [0.3, 0.4) is 0 Å². The van der Waals surface area contributed by atoms with Crippen LogP contribution in [-0.4, -0.2) is 0 Å². The van der Waals surface area contributed by atoms with Crippen LogP contribution in [0, 0.1) is 32.1 Å². The SMILES string of the molecule is Cc1cc(C#N)c(C)c(C)c1C(C)(C)N. The second kappa shape index (κ2) is 3.67. The molecular weight excluding hydrogens is 184 g/mol. The second-order valence-corrected chi connectivity index (χ2v) is 4.70. The zero-order chi connectivity index (χ0) is 11.8. The molecule has 80 valence electrons. The third kappa shape index (κ3) is 2.03. The molecule has 0 saturated carbocycles. The van der Waals surface area contributed by atoms with Crippen LogP contribution in [0.1, 0.15) is 41.7 Å². The van der Waals surface area contributed by atoms with Crippen molar-refractivity contribution < 1.29 is 0 Å². The van der Waals surface area contributed by atoms with Gasteiger partial charge >= 0.3 is 0 Å². The van der Waals surface area contributed by atoms with Gasteiger partial charge in [-0.25, -0.2) is 0 Å². The lowest BCUT2D eigenvalue weighted by Crippen LogP contribution is -2.31. The molecule has 0 aliphatic rings. The Morgan fingerprint density at radius 2 is 1.73 bits per heavy atom. The smallest absolute Gasteiger partial charge is 0.0994 e. The molecule has 0 heterocycles. The van der Waals surface area contributed by atoms with Crippen molar-refractivity contribution in [2.45, 2.75) is 40.2 Å². The highest BCUT2D eigenvalue weighted by Gasteiger charge is 2.21. The molecule has 2 N–H and O–H groups in total. The molecule has 0 aliphatic carbocycles. The molecule has 0 fully saturated rings. The Morgan fingerprint density at radius 3 is 2.13 bits per heavy atom. The number of nitriles is 1. The Balaban J connectivity index is 3.59. The van der Waals surface area contributed by atoms with Gasteiger partial charge < -0.3 is 5.73 Å². The van der Waals surface area contributed by atoms with Gasteiger partial charge in [-0.05, 0) is 62.9 Å². The number of nitrogens with two attached hydrogens (primary N) is 1. The summed E-state index contributed by atoms with van der Waals surface area (Å²) in [5.74, 6) is 0. The highest BCUT2D eigenvalue weighted by atomic mass is 14.7. The van der Waals surface area contributed by atoms with Crippen molar-refractivity contribution in [1.82, 2.24) is 0 Å². The van der Waals surface area contributed by atoms with Crippen LogP contribution >= 0.6 is 0 Å². The van der Waals surface area contributed by atoms with Crippen LogP contribution in [0.5, 0.6) is 0 Å². The van der Waals surface area contributed by atoms with E-state index in [9.17, 15) is 0 Å². The minimum absolute atomic E-state index is 0.354. The first-order valence-corrected chi connectivity index (χ1v) is 5.09. The van der Waals surface area contributed by atoms with Gasteiger partial charge in [-0.15, -0.1) is 0 Å². The number of hydrogen-bond acceptors (Lipinski definition) is 2. The molecule has 0 amide bonds. The van der Waals surface area contributed by atoms with E-state index < -0.39 is 0 Å². The second-order valence-electron chi connectivity index (χ2n) is 4.70. The summed E-state index contributed by atoms with van der Waals surface area (Å²) in [6.45, 7) is 10.0. The summed E-state index contributed by atoms with van der Waals surface area (Å²) in [5, 5.41) is 8.98. The van der Waals surface area contributed by atoms with E-state index in [2.05, 4.69) is 6.07 Å². The Kier molecular flexibility index (Phi) is 2.88. The number of hydrogen-bond donors (Lipinski definition) is 1. The fourth-order valence-electron chi connectivity index (χ4n) is 2.19. The van der Waals surface area contributed by atoms with Crippen LogP contribution in [0.25, 0.3) is 0 Å². The zero-order valence-electron chi connectivity index (χ0n) is 10.1. The minimum Gasteiger partial charge on any atom is -0.322 e. The predicted molar refractivity (Wildman–Crippen MR) is 62.6 cm³/mol. The molecule has 1 aromatic carbocycles. The van der Waals surface area contributed by atoms with E-state index in [4.69, 9.17) is 11.0 Å². The van der Waals surface area contributed by atoms with Crippen LogP contribution in [0.15, 0.2) is 6.07 Å². The number of nitrogens with zero attached hydrogens (tertiary/aromatic N) is 1. The Morgan fingerprint density at radius 1 is 1.20 bits per heavy atom. The van der Waals surface area contributed by atoms with E-state index in [-0.39, 0.29) is 5.54 Å². The topological polar surface area (TPSA) is 49.8 Å². The molecule has 0 radical (unpaired) electrons. The average Bonchev–Trinajstić information content (AvgIpc) is 2.09. The lowest BCUT2D eigenvalue weighted by atomic mass is 9.84. The lowest BCUT2D eigenvalue weighted by molar-refractivity contribution is 0.546. The molecule has 0 bridgehead atoms. The largest absolute Gasteiger partial charge is 0.322 e. The van der Waals surface area contributed by atoms with Crippen LogP contribution in [-0.2, 0) is 5.54 Å². The van der Waals surface area contributed by atoms with Gasteiger partial charge in [0.2, 0.25) is 0 Å². The van der Waals surface area contributed by atoms with Crippen molar-refractivity contribution >= 4 is 0 Å². The van der Waals surface area contributed by atoms with Gasteiger partial charge in [0.05, 0.1) is 11.6 Å². The van der Waals surface area contributed by atoms with Crippen molar-refractivity contribution in [3.8, 4) is 6.07 Å². The first-order valence-electron chi connectivity index (χ1n) is 5.09. The van der Waals surface area contributed by atoms with Crippen LogP contribution in [0.2, 0.25) is 0 Å². The maximum absolute atomic E-state index is 8.98. The summed E-state index contributed by atoms with van der Waals surface area (Å²) in [7, 11) is 0. The summed E-state index contributed by atoms with van der Waals surface area (Å²) in [6.07, 6.45) is 0. The molecule has 0 aromatic heterocycles. The van der Waals surface area contributed by atoms with E-state index in [1.807, 2.05) is 40.7 Å². The lowest BCUT2D eigenvalue weighted by Gasteiger charge is -2.25. The van der Waals surface area contributed by atoms with Gasteiger partial charge in [-0.1, -0.05) is 0 Å². The summed E-state index contributed by atoms with van der Waals surface area (Å²) in [6, 6.07) is 4.14. The summed E-state index contributed by atoms with van der Waals surface area (Å²) < 4.78 is 0. The summed E-state index contributed by atoms with van der Waals surface area (Å²) in [5.41, 5.74) is 11.0. The fraction of sp³-hybridized carbons (Fsp3) is 0.462. The molecule has 0 spiro atoms. The average molecular weight is 202 g/mol. The highest BCUT2D eigenvalue weighted by Crippen LogP contribution is 2.28. The number of benzene rings is 1. The molecule has 2 nitrogen and oxygen atoms in total. The van der Waals surface area contributed by atoms with Gasteiger partial charge in [0, 0.05) is 5.54 Å². The molecule has 15 heavy (non-hydrogen) atoms. The Hall–Kier alpha value is -1.33. The van der Waals surface area contributed by atoms with E-state index in [0.717, 1.165) is 27.8 Å². The van der Waals surface area contributed by atoms with E-state index in [1.165, 1.54) is 0 Å². The normalized spacial score (nSPS) is 11.3. The van der Waals surface area contributed by atoms with Crippen molar-refractivity contribution in [3.05, 3.63) is 33.9 Å². The molecule has 2 heteroatoms. The van der Waals surface area contributed by atoms with E-state index in [1.54, 1.807) is 0 Å². The van der Waals surface area contributed by atoms with E-state index in [0.29, 0.717) is 0 Å². The minimum atomic E-state index is -0.354. The number of aryl methyl sites for hydroxylation is 1. The van der Waals surface area contributed by atoms with Gasteiger partial charge in [-0.2, -0.15) is 5.26 Å². The van der Waals surface area contributed by atoms with Gasteiger partial charge in [0.15, 0.2) is 0 Å². The van der Waals surface area contributed by atoms with Crippen molar-refractivity contribution in [1.29, 1.82) is 5.26 Å². The molecule has 1 rings (SSSR count). The molecular formula is C13H18N2. The first-order chi connectivity index (χ1) is 6.79. The van der Waals surface area contributed by atoms with Crippen molar-refractivity contribution in [2.24, 2.45) is 5.73 Å². The van der Waals surface area contributed by atoms with Gasteiger partial charge in [0.25, 0.3) is 0 Å². The molecule has 0 aliphatic heterocycles. The van der Waals surface area contributed by atoms with Gasteiger partial charge in [0.1, 0.15) is 0 Å². The van der Waals surface area contributed by atoms with Crippen LogP contribution in [0.4, 0.5) is 0 Å². The van der Waals surface area contributed by atoms with Gasteiger partial charge in [-0.3, -0.25) is 0 Å². The molecule has 1 aromatic rings. The van der Waals surface area contributed by atoms with Crippen LogP contribution < -0.4 is 5.73 Å². The van der Waals surface area contributed by atoms with Crippen molar-refractivity contribution in [2.75, 3.05) is 0 Å². The molecule has 0 unspecified atom stereocenters. The van der Waals surface area contributed by atoms with Crippen molar-refractivity contribution in [3.63, 3.8) is 0 Å².